The van der Waals surface area contributed by atoms with Gasteiger partial charge in [-0.15, -0.1) is 0 Å². The summed E-state index contributed by atoms with van der Waals surface area (Å²) >= 11 is 0. The first-order valence-corrected chi connectivity index (χ1v) is 9.95. The van der Waals surface area contributed by atoms with Gasteiger partial charge < -0.3 is 9.64 Å². The first kappa shape index (κ1) is 19.3. The van der Waals surface area contributed by atoms with Gasteiger partial charge in [0.25, 0.3) is 5.69 Å². The molecule has 8 nitrogen and oxygen atoms in total. The van der Waals surface area contributed by atoms with Crippen LogP contribution in [0.25, 0.3) is 0 Å². The van der Waals surface area contributed by atoms with Gasteiger partial charge in [-0.1, -0.05) is 24.3 Å². The van der Waals surface area contributed by atoms with E-state index in [1.165, 1.54) is 31.3 Å². The van der Waals surface area contributed by atoms with Crippen LogP contribution in [0.15, 0.2) is 53.4 Å². The Kier molecular flexibility index (Phi) is 5.73. The SMILES string of the molecule is CN(Cc1ccc(N2CCOCC2)cc1)S(=O)(=O)c1ccccc1[N+](=O)[O-]. The smallest absolute Gasteiger partial charge is 0.289 e. The maximum absolute atomic E-state index is 12.8. The van der Waals surface area contributed by atoms with Crippen molar-refractivity contribution in [1.82, 2.24) is 4.31 Å². The summed E-state index contributed by atoms with van der Waals surface area (Å²) in [6, 6.07) is 13.0. The zero-order chi connectivity index (χ0) is 19.4. The normalized spacial score (nSPS) is 15.1. The summed E-state index contributed by atoms with van der Waals surface area (Å²) in [5.74, 6) is 0. The van der Waals surface area contributed by atoms with Gasteiger partial charge in [-0.3, -0.25) is 10.1 Å². The molecule has 1 saturated heterocycles. The summed E-state index contributed by atoms with van der Waals surface area (Å²) in [5, 5.41) is 11.1. The molecule has 3 rings (SSSR count). The number of anilines is 1. The van der Waals surface area contributed by atoms with E-state index in [0.29, 0.717) is 13.2 Å². The second kappa shape index (κ2) is 8.03. The fourth-order valence-electron chi connectivity index (χ4n) is 2.97. The minimum Gasteiger partial charge on any atom is -0.378 e. The Bertz CT molecular complexity index is 909. The third kappa shape index (κ3) is 4.26. The molecule has 1 fully saturated rings. The number of para-hydroxylation sites is 1. The lowest BCUT2D eigenvalue weighted by molar-refractivity contribution is -0.387. The van der Waals surface area contributed by atoms with Crippen molar-refractivity contribution in [2.75, 3.05) is 38.3 Å². The number of benzene rings is 2. The van der Waals surface area contributed by atoms with Crippen molar-refractivity contribution in [1.29, 1.82) is 0 Å². The molecule has 1 aliphatic rings. The van der Waals surface area contributed by atoms with Crippen molar-refractivity contribution in [3.05, 3.63) is 64.2 Å². The van der Waals surface area contributed by atoms with Crippen molar-refractivity contribution in [3.63, 3.8) is 0 Å². The van der Waals surface area contributed by atoms with Crippen LogP contribution in [0, 0.1) is 10.1 Å². The summed E-state index contributed by atoms with van der Waals surface area (Å²) in [7, 11) is -2.56. The molecule has 0 unspecified atom stereocenters. The van der Waals surface area contributed by atoms with Gasteiger partial charge in [-0.05, 0) is 23.8 Å². The van der Waals surface area contributed by atoms with E-state index < -0.39 is 20.6 Å². The van der Waals surface area contributed by atoms with Crippen molar-refractivity contribution in [2.45, 2.75) is 11.4 Å². The minimum atomic E-state index is -3.98. The first-order chi connectivity index (χ1) is 12.9. The zero-order valence-electron chi connectivity index (χ0n) is 14.9. The number of rotatable bonds is 6. The van der Waals surface area contributed by atoms with E-state index in [0.717, 1.165) is 28.6 Å². The summed E-state index contributed by atoms with van der Waals surface area (Å²) in [6.07, 6.45) is 0. The molecule has 0 atom stereocenters. The molecule has 2 aromatic carbocycles. The summed E-state index contributed by atoms with van der Waals surface area (Å²) < 4.78 is 32.0. The van der Waals surface area contributed by atoms with Crippen molar-refractivity contribution in [3.8, 4) is 0 Å². The first-order valence-electron chi connectivity index (χ1n) is 8.51. The molecular formula is C18H21N3O5S. The maximum Gasteiger partial charge on any atom is 0.289 e. The van der Waals surface area contributed by atoms with Gasteiger partial charge in [0.2, 0.25) is 10.0 Å². The molecule has 144 valence electrons. The molecule has 0 bridgehead atoms. The zero-order valence-corrected chi connectivity index (χ0v) is 15.8. The summed E-state index contributed by atoms with van der Waals surface area (Å²) in [4.78, 5) is 12.4. The van der Waals surface area contributed by atoms with E-state index in [4.69, 9.17) is 4.74 Å². The van der Waals surface area contributed by atoms with Crippen molar-refractivity contribution < 1.29 is 18.1 Å². The molecule has 1 heterocycles. The fraction of sp³-hybridized carbons (Fsp3) is 0.333. The molecule has 0 N–H and O–H groups in total. The fourth-order valence-corrected chi connectivity index (χ4v) is 4.28. The molecule has 0 amide bonds. The van der Waals surface area contributed by atoms with Crippen LogP contribution in [-0.2, 0) is 21.3 Å². The molecule has 27 heavy (non-hydrogen) atoms. The molecule has 0 saturated carbocycles. The number of ether oxygens (including phenoxy) is 1. The minimum absolute atomic E-state index is 0.123. The monoisotopic (exact) mass is 391 g/mol. The third-order valence-corrected chi connectivity index (χ3v) is 6.32. The van der Waals surface area contributed by atoms with Crippen molar-refractivity contribution in [2.24, 2.45) is 0 Å². The van der Waals surface area contributed by atoms with Crippen molar-refractivity contribution >= 4 is 21.4 Å². The van der Waals surface area contributed by atoms with Crippen LogP contribution in [0.3, 0.4) is 0 Å². The molecule has 0 aliphatic carbocycles. The van der Waals surface area contributed by atoms with Crippen LogP contribution in [0.4, 0.5) is 11.4 Å². The van der Waals surface area contributed by atoms with Gasteiger partial charge in [0.05, 0.1) is 18.1 Å². The molecular weight excluding hydrogens is 370 g/mol. The van der Waals surface area contributed by atoms with Crippen LogP contribution in [0.5, 0.6) is 0 Å². The van der Waals surface area contributed by atoms with Crippen LogP contribution in [0.2, 0.25) is 0 Å². The summed E-state index contributed by atoms with van der Waals surface area (Å²) in [6.45, 7) is 3.16. The molecule has 0 spiro atoms. The molecule has 0 aromatic heterocycles. The van der Waals surface area contributed by atoms with E-state index in [2.05, 4.69) is 4.90 Å². The topological polar surface area (TPSA) is 93.0 Å². The lowest BCUT2D eigenvalue weighted by Gasteiger charge is -2.29. The molecule has 1 aliphatic heterocycles. The average Bonchev–Trinajstić information content (AvgIpc) is 2.69. The van der Waals surface area contributed by atoms with E-state index >= 15 is 0 Å². The standard InChI is InChI=1S/C18H21N3O5S/c1-19(27(24,25)18-5-3-2-4-17(18)21(22)23)14-15-6-8-16(9-7-15)20-10-12-26-13-11-20/h2-9H,10-14H2,1H3. The van der Waals surface area contributed by atoms with Gasteiger partial charge in [-0.25, -0.2) is 8.42 Å². The van der Waals surface area contributed by atoms with Gasteiger partial charge in [0, 0.05) is 38.4 Å². The number of nitro groups is 1. The second-order valence-electron chi connectivity index (χ2n) is 6.25. The van der Waals surface area contributed by atoms with Gasteiger partial charge in [-0.2, -0.15) is 4.31 Å². The Labute approximate surface area is 158 Å². The Morgan fingerprint density at radius 2 is 1.74 bits per heavy atom. The predicted molar refractivity (Wildman–Crippen MR) is 101 cm³/mol. The highest BCUT2D eigenvalue weighted by molar-refractivity contribution is 7.89. The number of sulfonamides is 1. The average molecular weight is 391 g/mol. The van der Waals surface area contributed by atoms with Crippen LogP contribution >= 0.6 is 0 Å². The predicted octanol–water partition coefficient (Wildman–Crippen LogP) is 2.25. The van der Waals surface area contributed by atoms with Gasteiger partial charge >= 0.3 is 0 Å². The third-order valence-electron chi connectivity index (χ3n) is 4.47. The molecule has 0 radical (unpaired) electrons. The Morgan fingerprint density at radius 3 is 2.37 bits per heavy atom. The number of morpholine rings is 1. The van der Waals surface area contributed by atoms with E-state index in [1.807, 2.05) is 24.3 Å². The Morgan fingerprint density at radius 1 is 1.11 bits per heavy atom. The molecule has 2 aromatic rings. The highest BCUT2D eigenvalue weighted by Gasteiger charge is 2.29. The lowest BCUT2D eigenvalue weighted by atomic mass is 10.2. The quantitative estimate of drug-likeness (QED) is 0.554. The summed E-state index contributed by atoms with van der Waals surface area (Å²) in [5.41, 5.74) is 1.44. The van der Waals surface area contributed by atoms with E-state index in [9.17, 15) is 18.5 Å². The largest absolute Gasteiger partial charge is 0.378 e. The van der Waals surface area contributed by atoms with Crippen LogP contribution in [0.1, 0.15) is 5.56 Å². The number of nitro benzene ring substituents is 1. The highest BCUT2D eigenvalue weighted by atomic mass is 32.2. The lowest BCUT2D eigenvalue weighted by Crippen LogP contribution is -2.36. The Balaban J connectivity index is 1.76. The highest BCUT2D eigenvalue weighted by Crippen LogP contribution is 2.26. The van der Waals surface area contributed by atoms with E-state index in [1.54, 1.807) is 0 Å². The van der Waals surface area contributed by atoms with Crippen LogP contribution in [-0.4, -0.2) is 51.0 Å². The van der Waals surface area contributed by atoms with E-state index in [-0.39, 0.29) is 11.4 Å². The van der Waals surface area contributed by atoms with Gasteiger partial charge in [0.15, 0.2) is 4.90 Å². The molecule has 9 heteroatoms. The number of hydrogen-bond donors (Lipinski definition) is 0. The Hall–Kier alpha value is -2.49. The van der Waals surface area contributed by atoms with Gasteiger partial charge in [0.1, 0.15) is 0 Å². The second-order valence-corrected chi connectivity index (χ2v) is 8.27. The number of nitrogens with zero attached hydrogens (tertiary/aromatic N) is 3. The maximum atomic E-state index is 12.8. The van der Waals surface area contributed by atoms with Crippen LogP contribution < -0.4 is 4.90 Å². The number of hydrogen-bond acceptors (Lipinski definition) is 6.